The highest BCUT2D eigenvalue weighted by Gasteiger charge is 2.44. The predicted octanol–water partition coefficient (Wildman–Crippen LogP) is 2.98. The zero-order valence-electron chi connectivity index (χ0n) is 10.1. The summed E-state index contributed by atoms with van der Waals surface area (Å²) in [7, 11) is 0. The van der Waals surface area contributed by atoms with Gasteiger partial charge in [0, 0.05) is 0 Å². The lowest BCUT2D eigenvalue weighted by atomic mass is 9.82. The Hall–Kier alpha value is -1.57. The van der Waals surface area contributed by atoms with Crippen molar-refractivity contribution in [2.24, 2.45) is 11.8 Å². The number of aryl methyl sites for hydroxylation is 1. The number of cyclic esters (lactones) is 1. The molecule has 2 heteroatoms. The molecule has 2 unspecified atom stereocenters. The third kappa shape index (κ3) is 2.57. The summed E-state index contributed by atoms with van der Waals surface area (Å²) in [5, 5.41) is 0. The number of hydrogen-bond donors (Lipinski definition) is 0. The third-order valence-corrected chi connectivity index (χ3v) is 3.44. The minimum Gasteiger partial charge on any atom is -0.461 e. The molecule has 0 saturated carbocycles. The van der Waals surface area contributed by atoms with Crippen LogP contribution in [0.5, 0.6) is 0 Å². The van der Waals surface area contributed by atoms with Crippen LogP contribution in [0.1, 0.15) is 18.9 Å². The number of allylic oxidation sites excluding steroid dienone is 1. The first-order valence-corrected chi connectivity index (χ1v) is 6.09. The second-order valence-electron chi connectivity index (χ2n) is 4.62. The summed E-state index contributed by atoms with van der Waals surface area (Å²) in [5.41, 5.74) is 1.29. The molecule has 3 atom stereocenters. The number of ether oxygens (including phenoxy) is 1. The smallest absolute Gasteiger partial charge is 0.313 e. The zero-order valence-corrected chi connectivity index (χ0v) is 10.1. The van der Waals surface area contributed by atoms with Crippen LogP contribution in [0, 0.1) is 11.8 Å². The van der Waals surface area contributed by atoms with Crippen molar-refractivity contribution < 1.29 is 9.53 Å². The minimum absolute atomic E-state index is 0.0104. The van der Waals surface area contributed by atoms with Gasteiger partial charge in [0.2, 0.25) is 0 Å². The summed E-state index contributed by atoms with van der Waals surface area (Å²) in [6.45, 7) is 5.76. The van der Waals surface area contributed by atoms with E-state index in [2.05, 4.69) is 18.7 Å². The van der Waals surface area contributed by atoms with Crippen LogP contribution in [0.15, 0.2) is 43.0 Å². The van der Waals surface area contributed by atoms with Gasteiger partial charge in [-0.2, -0.15) is 0 Å². The number of carbonyl (C=O) groups excluding carboxylic acids is 1. The van der Waals surface area contributed by atoms with Crippen LogP contribution in [-0.2, 0) is 16.0 Å². The summed E-state index contributed by atoms with van der Waals surface area (Å²) in [4.78, 5) is 11.4. The molecule has 0 aliphatic carbocycles. The Kier molecular flexibility index (Phi) is 3.62. The molecule has 17 heavy (non-hydrogen) atoms. The van der Waals surface area contributed by atoms with Gasteiger partial charge >= 0.3 is 5.97 Å². The first-order chi connectivity index (χ1) is 8.22. The Morgan fingerprint density at radius 1 is 1.41 bits per heavy atom. The third-order valence-electron chi connectivity index (χ3n) is 3.44. The van der Waals surface area contributed by atoms with Gasteiger partial charge in [-0.3, -0.25) is 4.79 Å². The van der Waals surface area contributed by atoms with Gasteiger partial charge in [0.25, 0.3) is 0 Å². The molecule has 2 nitrogen and oxygen atoms in total. The van der Waals surface area contributed by atoms with Gasteiger partial charge in [0.1, 0.15) is 6.10 Å². The summed E-state index contributed by atoms with van der Waals surface area (Å²) in [5.74, 6) is 0.142. The van der Waals surface area contributed by atoms with Crippen molar-refractivity contribution in [3.05, 3.63) is 48.6 Å². The molecule has 0 spiro atoms. The first-order valence-electron chi connectivity index (χ1n) is 6.09. The number of rotatable bonds is 5. The van der Waals surface area contributed by atoms with E-state index >= 15 is 0 Å². The van der Waals surface area contributed by atoms with E-state index in [1.807, 2.05) is 31.2 Å². The Morgan fingerprint density at radius 3 is 2.71 bits per heavy atom. The second kappa shape index (κ2) is 5.17. The lowest BCUT2D eigenvalue weighted by Crippen LogP contribution is -2.48. The molecule has 2 rings (SSSR count). The summed E-state index contributed by atoms with van der Waals surface area (Å²) in [6.07, 6.45) is 3.76. The molecule has 1 aliphatic rings. The SMILES string of the molecule is C=CC(C)C1C(=O)O[C@@H]1CCc1ccccc1. The molecule has 0 aromatic heterocycles. The summed E-state index contributed by atoms with van der Waals surface area (Å²) >= 11 is 0. The first kappa shape index (κ1) is 11.9. The van der Waals surface area contributed by atoms with E-state index in [1.54, 1.807) is 0 Å². The van der Waals surface area contributed by atoms with Gasteiger partial charge in [-0.1, -0.05) is 43.3 Å². The molecule has 1 aromatic rings. The number of benzene rings is 1. The predicted molar refractivity (Wildman–Crippen MR) is 67.5 cm³/mol. The standard InChI is InChI=1S/C15H18O2/c1-3-11(2)14-13(17-15(14)16)10-9-12-7-5-4-6-8-12/h3-8,11,13-14H,1,9-10H2,2H3/t11?,13-,14?/m1/s1. The number of carbonyl (C=O) groups is 1. The van der Waals surface area contributed by atoms with E-state index in [9.17, 15) is 4.79 Å². The highest BCUT2D eigenvalue weighted by atomic mass is 16.6. The van der Waals surface area contributed by atoms with E-state index in [-0.39, 0.29) is 23.9 Å². The van der Waals surface area contributed by atoms with Crippen LogP contribution in [-0.4, -0.2) is 12.1 Å². The van der Waals surface area contributed by atoms with Gasteiger partial charge in [-0.25, -0.2) is 0 Å². The van der Waals surface area contributed by atoms with Crippen LogP contribution in [0.3, 0.4) is 0 Å². The monoisotopic (exact) mass is 230 g/mol. The van der Waals surface area contributed by atoms with Gasteiger partial charge in [-0.05, 0) is 24.3 Å². The summed E-state index contributed by atoms with van der Waals surface area (Å²) in [6, 6.07) is 10.3. The Morgan fingerprint density at radius 2 is 2.12 bits per heavy atom. The lowest BCUT2D eigenvalue weighted by molar-refractivity contribution is -0.188. The molecule has 0 amide bonds. The molecule has 1 saturated heterocycles. The Balaban J connectivity index is 1.88. The van der Waals surface area contributed by atoms with Gasteiger partial charge in [0.05, 0.1) is 5.92 Å². The van der Waals surface area contributed by atoms with Crippen molar-refractivity contribution in [2.45, 2.75) is 25.9 Å². The number of esters is 1. The second-order valence-corrected chi connectivity index (χ2v) is 4.62. The molecule has 0 N–H and O–H groups in total. The van der Waals surface area contributed by atoms with Crippen LogP contribution < -0.4 is 0 Å². The van der Waals surface area contributed by atoms with E-state index in [4.69, 9.17) is 4.74 Å². The van der Waals surface area contributed by atoms with Crippen molar-refractivity contribution in [2.75, 3.05) is 0 Å². The van der Waals surface area contributed by atoms with E-state index in [0.29, 0.717) is 0 Å². The molecule has 0 radical (unpaired) electrons. The molecule has 90 valence electrons. The van der Waals surface area contributed by atoms with Crippen LogP contribution >= 0.6 is 0 Å². The highest BCUT2D eigenvalue weighted by Crippen LogP contribution is 2.33. The molecule has 1 aromatic carbocycles. The fraction of sp³-hybridized carbons (Fsp3) is 0.400. The number of hydrogen-bond acceptors (Lipinski definition) is 2. The highest BCUT2D eigenvalue weighted by molar-refractivity contribution is 5.79. The fourth-order valence-corrected chi connectivity index (χ4v) is 2.27. The maximum Gasteiger partial charge on any atom is 0.313 e. The molecule has 0 bridgehead atoms. The summed E-state index contributed by atoms with van der Waals surface area (Å²) < 4.78 is 5.21. The van der Waals surface area contributed by atoms with Crippen molar-refractivity contribution >= 4 is 5.97 Å². The Bertz CT molecular complexity index is 397. The molecule has 1 fully saturated rings. The van der Waals surface area contributed by atoms with Crippen LogP contribution in [0.25, 0.3) is 0 Å². The van der Waals surface area contributed by atoms with Gasteiger partial charge < -0.3 is 4.74 Å². The maximum atomic E-state index is 11.4. The van der Waals surface area contributed by atoms with Gasteiger partial charge in [0.15, 0.2) is 0 Å². The van der Waals surface area contributed by atoms with Crippen molar-refractivity contribution in [3.8, 4) is 0 Å². The quantitative estimate of drug-likeness (QED) is 0.574. The average Bonchev–Trinajstić information content (AvgIpc) is 2.35. The van der Waals surface area contributed by atoms with E-state index < -0.39 is 0 Å². The van der Waals surface area contributed by atoms with Crippen molar-refractivity contribution in [1.29, 1.82) is 0 Å². The topological polar surface area (TPSA) is 26.3 Å². The lowest BCUT2D eigenvalue weighted by Gasteiger charge is -2.37. The molecule has 1 aliphatic heterocycles. The van der Waals surface area contributed by atoms with Crippen LogP contribution in [0.4, 0.5) is 0 Å². The van der Waals surface area contributed by atoms with Gasteiger partial charge in [-0.15, -0.1) is 6.58 Å². The molecular weight excluding hydrogens is 212 g/mol. The van der Waals surface area contributed by atoms with Crippen LogP contribution in [0.2, 0.25) is 0 Å². The molecular formula is C15H18O2. The Labute approximate surface area is 102 Å². The van der Waals surface area contributed by atoms with Crippen molar-refractivity contribution in [1.82, 2.24) is 0 Å². The van der Waals surface area contributed by atoms with E-state index in [1.165, 1.54) is 5.56 Å². The van der Waals surface area contributed by atoms with E-state index in [0.717, 1.165) is 12.8 Å². The average molecular weight is 230 g/mol. The zero-order chi connectivity index (χ0) is 12.3. The minimum atomic E-state index is -0.0736. The van der Waals surface area contributed by atoms with Crippen molar-refractivity contribution in [3.63, 3.8) is 0 Å². The normalized spacial score (nSPS) is 24.6. The largest absolute Gasteiger partial charge is 0.461 e. The molecule has 1 heterocycles. The maximum absolute atomic E-state index is 11.4. The fourth-order valence-electron chi connectivity index (χ4n) is 2.27.